The summed E-state index contributed by atoms with van der Waals surface area (Å²) < 4.78 is 5.25. The van der Waals surface area contributed by atoms with E-state index in [0.717, 1.165) is 29.6 Å². The SMILES string of the molecule is CCOCC(O)CN1CCN(C(=O)Cc2c[nH]c3ccccc23)CC1. The first-order valence-corrected chi connectivity index (χ1v) is 8.98. The van der Waals surface area contributed by atoms with Gasteiger partial charge < -0.3 is 19.7 Å². The number of ether oxygens (including phenoxy) is 1. The lowest BCUT2D eigenvalue weighted by molar-refractivity contribution is -0.132. The molecule has 0 aliphatic carbocycles. The van der Waals surface area contributed by atoms with Gasteiger partial charge in [-0.2, -0.15) is 0 Å². The number of aliphatic hydroxyl groups is 1. The van der Waals surface area contributed by atoms with Crippen LogP contribution in [0.25, 0.3) is 10.9 Å². The van der Waals surface area contributed by atoms with Crippen LogP contribution in [0.4, 0.5) is 0 Å². The summed E-state index contributed by atoms with van der Waals surface area (Å²) in [6.45, 7) is 6.52. The molecule has 6 nitrogen and oxygen atoms in total. The summed E-state index contributed by atoms with van der Waals surface area (Å²) in [6, 6.07) is 8.06. The molecule has 1 amide bonds. The Morgan fingerprint density at radius 3 is 2.80 bits per heavy atom. The largest absolute Gasteiger partial charge is 0.389 e. The van der Waals surface area contributed by atoms with Crippen LogP contribution < -0.4 is 0 Å². The molecule has 1 aliphatic rings. The topological polar surface area (TPSA) is 68.8 Å². The average molecular weight is 345 g/mol. The molecule has 1 fully saturated rings. The first-order valence-electron chi connectivity index (χ1n) is 8.98. The number of nitrogens with one attached hydrogen (secondary N) is 1. The molecule has 0 radical (unpaired) electrons. The third-order valence-corrected chi connectivity index (χ3v) is 4.72. The molecule has 0 spiro atoms. The van der Waals surface area contributed by atoms with Gasteiger partial charge in [0.2, 0.25) is 5.91 Å². The lowest BCUT2D eigenvalue weighted by Gasteiger charge is -2.35. The number of carbonyl (C=O) groups is 1. The van der Waals surface area contributed by atoms with E-state index in [9.17, 15) is 9.90 Å². The number of para-hydroxylation sites is 1. The van der Waals surface area contributed by atoms with Crippen molar-refractivity contribution < 1.29 is 14.6 Å². The molecule has 0 bridgehead atoms. The van der Waals surface area contributed by atoms with Gasteiger partial charge in [0.1, 0.15) is 0 Å². The van der Waals surface area contributed by atoms with Crippen LogP contribution in [0.15, 0.2) is 30.5 Å². The van der Waals surface area contributed by atoms with Gasteiger partial charge in [0.05, 0.1) is 19.1 Å². The van der Waals surface area contributed by atoms with Crippen molar-refractivity contribution in [3.05, 3.63) is 36.0 Å². The minimum Gasteiger partial charge on any atom is -0.389 e. The van der Waals surface area contributed by atoms with Crippen LogP contribution in [-0.4, -0.2) is 77.8 Å². The van der Waals surface area contributed by atoms with Crippen molar-refractivity contribution in [2.75, 3.05) is 45.9 Å². The molecule has 1 saturated heterocycles. The summed E-state index contributed by atoms with van der Waals surface area (Å²) in [7, 11) is 0. The number of β-amino-alcohol motifs (C(OH)–C–C–N with tert-alkyl or cyclic N) is 1. The van der Waals surface area contributed by atoms with Crippen molar-refractivity contribution in [3.8, 4) is 0 Å². The zero-order valence-corrected chi connectivity index (χ0v) is 14.8. The van der Waals surface area contributed by atoms with Crippen LogP contribution in [0.3, 0.4) is 0 Å². The molecule has 1 unspecified atom stereocenters. The van der Waals surface area contributed by atoms with Crippen LogP contribution in [0.1, 0.15) is 12.5 Å². The van der Waals surface area contributed by atoms with E-state index in [4.69, 9.17) is 4.74 Å². The number of aromatic amines is 1. The van der Waals surface area contributed by atoms with Crippen molar-refractivity contribution >= 4 is 16.8 Å². The van der Waals surface area contributed by atoms with Crippen LogP contribution >= 0.6 is 0 Å². The maximum absolute atomic E-state index is 12.6. The fraction of sp³-hybridized carbons (Fsp3) is 0.526. The molecular weight excluding hydrogens is 318 g/mol. The minimum atomic E-state index is -0.464. The molecule has 6 heteroatoms. The van der Waals surface area contributed by atoms with Crippen molar-refractivity contribution in [2.45, 2.75) is 19.4 Å². The number of aromatic nitrogens is 1. The number of fused-ring (bicyclic) bond motifs is 1. The zero-order valence-electron chi connectivity index (χ0n) is 14.8. The van der Waals surface area contributed by atoms with Gasteiger partial charge in [-0.15, -0.1) is 0 Å². The highest BCUT2D eigenvalue weighted by atomic mass is 16.5. The van der Waals surface area contributed by atoms with Crippen molar-refractivity contribution in [3.63, 3.8) is 0 Å². The molecule has 0 saturated carbocycles. The second-order valence-electron chi connectivity index (χ2n) is 6.53. The number of H-pyrrole nitrogens is 1. The van der Waals surface area contributed by atoms with Crippen molar-refractivity contribution in [2.24, 2.45) is 0 Å². The Balaban J connectivity index is 1.48. The standard InChI is InChI=1S/C19H27N3O3/c1-2-25-14-16(23)13-21-7-9-22(10-8-21)19(24)11-15-12-20-18-6-4-3-5-17(15)18/h3-6,12,16,20,23H,2,7-11,13-14H2,1H3. The Morgan fingerprint density at radius 2 is 2.04 bits per heavy atom. The van der Waals surface area contributed by atoms with Gasteiger partial charge in [-0.25, -0.2) is 0 Å². The van der Waals surface area contributed by atoms with E-state index in [2.05, 4.69) is 9.88 Å². The second-order valence-corrected chi connectivity index (χ2v) is 6.53. The first kappa shape index (κ1) is 17.9. The number of piperazine rings is 1. The fourth-order valence-corrected chi connectivity index (χ4v) is 3.34. The Kier molecular flexibility index (Phi) is 6.07. The maximum Gasteiger partial charge on any atom is 0.227 e. The molecule has 2 N–H and O–H groups in total. The lowest BCUT2D eigenvalue weighted by Crippen LogP contribution is -2.51. The van der Waals surface area contributed by atoms with Gasteiger partial charge in [0.15, 0.2) is 0 Å². The third kappa shape index (κ3) is 4.60. The Hall–Kier alpha value is -1.89. The molecule has 1 aromatic heterocycles. The van der Waals surface area contributed by atoms with E-state index in [-0.39, 0.29) is 5.91 Å². The molecule has 25 heavy (non-hydrogen) atoms. The first-order chi connectivity index (χ1) is 12.2. The van der Waals surface area contributed by atoms with Crippen LogP contribution in [0.5, 0.6) is 0 Å². The van der Waals surface area contributed by atoms with Crippen LogP contribution in [-0.2, 0) is 16.0 Å². The minimum absolute atomic E-state index is 0.166. The summed E-state index contributed by atoms with van der Waals surface area (Å²) in [5.41, 5.74) is 2.12. The quantitative estimate of drug-likeness (QED) is 0.793. The molecule has 1 aliphatic heterocycles. The predicted octanol–water partition coefficient (Wildman–Crippen LogP) is 1.25. The Labute approximate surface area is 148 Å². The number of amides is 1. The normalized spacial score (nSPS) is 17.1. The third-order valence-electron chi connectivity index (χ3n) is 4.72. The number of nitrogens with zero attached hydrogens (tertiary/aromatic N) is 2. The molecule has 1 atom stereocenters. The molecule has 3 rings (SSSR count). The van der Waals surface area contributed by atoms with E-state index >= 15 is 0 Å². The van der Waals surface area contributed by atoms with Gasteiger partial charge in [-0.1, -0.05) is 18.2 Å². The van der Waals surface area contributed by atoms with Gasteiger partial charge >= 0.3 is 0 Å². The van der Waals surface area contributed by atoms with Gasteiger partial charge in [0, 0.05) is 56.4 Å². The van der Waals surface area contributed by atoms with Crippen molar-refractivity contribution in [1.82, 2.24) is 14.8 Å². The maximum atomic E-state index is 12.6. The number of rotatable bonds is 7. The van der Waals surface area contributed by atoms with Gasteiger partial charge in [-0.3, -0.25) is 9.69 Å². The van der Waals surface area contributed by atoms with Crippen LogP contribution in [0, 0.1) is 0 Å². The van der Waals surface area contributed by atoms with E-state index in [1.165, 1.54) is 0 Å². The molecular formula is C19H27N3O3. The predicted molar refractivity (Wildman–Crippen MR) is 97.5 cm³/mol. The van der Waals surface area contributed by atoms with Gasteiger partial charge in [0.25, 0.3) is 0 Å². The molecule has 136 valence electrons. The number of hydrogen-bond donors (Lipinski definition) is 2. The molecule has 2 aromatic rings. The second kappa shape index (κ2) is 8.47. The zero-order chi connectivity index (χ0) is 17.6. The lowest BCUT2D eigenvalue weighted by atomic mass is 10.1. The van der Waals surface area contributed by atoms with E-state index < -0.39 is 6.10 Å². The summed E-state index contributed by atoms with van der Waals surface area (Å²) in [5, 5.41) is 11.0. The highest BCUT2D eigenvalue weighted by Gasteiger charge is 2.23. The van der Waals surface area contributed by atoms with E-state index in [0.29, 0.717) is 39.3 Å². The monoisotopic (exact) mass is 345 g/mol. The summed E-state index contributed by atoms with van der Waals surface area (Å²) >= 11 is 0. The smallest absolute Gasteiger partial charge is 0.227 e. The number of benzene rings is 1. The van der Waals surface area contributed by atoms with E-state index in [1.807, 2.05) is 42.3 Å². The number of aliphatic hydroxyl groups excluding tert-OH is 1. The fourth-order valence-electron chi connectivity index (χ4n) is 3.34. The molecule has 1 aromatic carbocycles. The van der Waals surface area contributed by atoms with Crippen LogP contribution in [0.2, 0.25) is 0 Å². The molecule has 2 heterocycles. The summed E-state index contributed by atoms with van der Waals surface area (Å²) in [4.78, 5) is 19.9. The van der Waals surface area contributed by atoms with E-state index in [1.54, 1.807) is 0 Å². The number of carbonyl (C=O) groups excluding carboxylic acids is 1. The van der Waals surface area contributed by atoms with Gasteiger partial charge in [-0.05, 0) is 18.6 Å². The number of hydrogen-bond acceptors (Lipinski definition) is 4. The summed E-state index contributed by atoms with van der Waals surface area (Å²) in [6.07, 6.45) is 1.90. The Morgan fingerprint density at radius 1 is 1.28 bits per heavy atom. The summed E-state index contributed by atoms with van der Waals surface area (Å²) in [5.74, 6) is 0.166. The average Bonchev–Trinajstić information content (AvgIpc) is 3.03. The highest BCUT2D eigenvalue weighted by Crippen LogP contribution is 2.19. The van der Waals surface area contributed by atoms with Crippen molar-refractivity contribution in [1.29, 1.82) is 0 Å². The Bertz CT molecular complexity index is 692. The highest BCUT2D eigenvalue weighted by molar-refractivity contribution is 5.88.